The fourth-order valence-electron chi connectivity index (χ4n) is 2.45. The zero-order chi connectivity index (χ0) is 18.4. The minimum atomic E-state index is -1.18. The Morgan fingerprint density at radius 1 is 1.20 bits per heavy atom. The molecule has 9 heteroatoms. The lowest BCUT2D eigenvalue weighted by Crippen LogP contribution is -2.55. The minimum Gasteiger partial charge on any atom is -0.394 e. The topological polar surface area (TPSA) is 137 Å². The number of para-hydroxylation sites is 1. The molecule has 0 spiro atoms. The summed E-state index contributed by atoms with van der Waals surface area (Å²) >= 11 is 3.79. The molecule has 0 saturated heterocycles. The third-order valence-electron chi connectivity index (χ3n) is 3.74. The largest absolute Gasteiger partial charge is 0.394 e. The standard InChI is InChI=1S/C16H20N4O4S/c17-15(23)12(20-16(24)13(7-21)19-14(22)8-25)5-9-6-18-11-4-2-1-3-10(9)11/h1-4,6,12-13,18,21,25H,5,7-8H2,(H2,17,23)(H,19,22)(H,20,24)/t12-,13-/m0/s1. The van der Waals surface area contributed by atoms with E-state index in [9.17, 15) is 19.5 Å². The number of hydrogen-bond acceptors (Lipinski definition) is 5. The average Bonchev–Trinajstić information content (AvgIpc) is 3.01. The van der Waals surface area contributed by atoms with E-state index in [1.165, 1.54) is 0 Å². The summed E-state index contributed by atoms with van der Waals surface area (Å²) in [6.07, 6.45) is 1.93. The molecule has 0 radical (unpaired) electrons. The van der Waals surface area contributed by atoms with Crippen LogP contribution in [-0.2, 0) is 20.8 Å². The number of benzene rings is 1. The van der Waals surface area contributed by atoms with Gasteiger partial charge in [0, 0.05) is 23.5 Å². The molecule has 0 aliphatic rings. The van der Waals surface area contributed by atoms with Gasteiger partial charge in [0.05, 0.1) is 12.4 Å². The first-order valence-corrected chi connectivity index (χ1v) is 8.25. The fraction of sp³-hybridized carbons (Fsp3) is 0.312. The molecule has 25 heavy (non-hydrogen) atoms. The van der Waals surface area contributed by atoms with Gasteiger partial charge in [0.25, 0.3) is 0 Å². The Morgan fingerprint density at radius 2 is 1.92 bits per heavy atom. The summed E-state index contributed by atoms with van der Waals surface area (Å²) in [5, 5.41) is 15.0. The van der Waals surface area contributed by atoms with Crippen molar-refractivity contribution >= 4 is 41.3 Å². The van der Waals surface area contributed by atoms with Crippen LogP contribution in [0.1, 0.15) is 5.56 Å². The van der Waals surface area contributed by atoms with Crippen LogP contribution >= 0.6 is 12.6 Å². The van der Waals surface area contributed by atoms with E-state index in [1.54, 1.807) is 6.20 Å². The number of fused-ring (bicyclic) bond motifs is 1. The van der Waals surface area contributed by atoms with E-state index in [1.807, 2.05) is 24.3 Å². The van der Waals surface area contributed by atoms with Crippen molar-refractivity contribution < 1.29 is 19.5 Å². The molecule has 1 aromatic heterocycles. The van der Waals surface area contributed by atoms with Crippen LogP contribution < -0.4 is 16.4 Å². The van der Waals surface area contributed by atoms with Gasteiger partial charge in [-0.1, -0.05) is 18.2 Å². The smallest absolute Gasteiger partial charge is 0.245 e. The monoisotopic (exact) mass is 364 g/mol. The summed E-state index contributed by atoms with van der Waals surface area (Å²) in [7, 11) is 0. The number of thiol groups is 1. The van der Waals surface area contributed by atoms with E-state index in [0.29, 0.717) is 0 Å². The third-order valence-corrected chi connectivity index (χ3v) is 4.02. The maximum Gasteiger partial charge on any atom is 0.245 e. The molecule has 8 nitrogen and oxygen atoms in total. The van der Waals surface area contributed by atoms with Crippen LogP contribution in [0.5, 0.6) is 0 Å². The summed E-state index contributed by atoms with van der Waals surface area (Å²) in [4.78, 5) is 38.3. The SMILES string of the molecule is NC(=O)[C@H](Cc1c[nH]c2ccccc12)NC(=O)[C@H](CO)NC(=O)CS. The van der Waals surface area contributed by atoms with E-state index < -0.39 is 36.4 Å². The first-order valence-electron chi connectivity index (χ1n) is 7.62. The molecule has 1 aromatic carbocycles. The number of nitrogens with one attached hydrogen (secondary N) is 3. The van der Waals surface area contributed by atoms with Crippen molar-refractivity contribution in [2.24, 2.45) is 5.73 Å². The van der Waals surface area contributed by atoms with Gasteiger partial charge in [-0.2, -0.15) is 12.6 Å². The predicted octanol–water partition coefficient (Wildman–Crippen LogP) is -0.913. The third kappa shape index (κ3) is 4.74. The van der Waals surface area contributed by atoms with Crippen molar-refractivity contribution in [2.45, 2.75) is 18.5 Å². The van der Waals surface area contributed by atoms with E-state index in [4.69, 9.17) is 5.73 Å². The van der Waals surface area contributed by atoms with Crippen molar-refractivity contribution in [2.75, 3.05) is 12.4 Å². The molecule has 0 fully saturated rings. The lowest BCUT2D eigenvalue weighted by atomic mass is 10.0. The van der Waals surface area contributed by atoms with E-state index >= 15 is 0 Å². The molecule has 2 rings (SSSR count). The highest BCUT2D eigenvalue weighted by molar-refractivity contribution is 7.81. The summed E-state index contributed by atoms with van der Waals surface area (Å²) in [6, 6.07) is 5.38. The zero-order valence-corrected chi connectivity index (χ0v) is 14.3. The van der Waals surface area contributed by atoms with Crippen LogP contribution in [0, 0.1) is 0 Å². The Balaban J connectivity index is 2.11. The second-order valence-electron chi connectivity index (χ2n) is 5.49. The van der Waals surface area contributed by atoms with Crippen LogP contribution in [-0.4, -0.2) is 52.3 Å². The minimum absolute atomic E-state index is 0.127. The number of carbonyl (C=O) groups excluding carboxylic acids is 3. The Kier molecular flexibility index (Phi) is 6.43. The Hall–Kier alpha value is -2.52. The second kappa shape index (κ2) is 8.54. The number of aromatic nitrogens is 1. The average molecular weight is 364 g/mol. The van der Waals surface area contributed by atoms with Crippen molar-refractivity contribution in [3.05, 3.63) is 36.0 Å². The van der Waals surface area contributed by atoms with E-state index in [-0.39, 0.29) is 12.2 Å². The Bertz CT molecular complexity index is 776. The molecule has 3 amide bonds. The summed E-state index contributed by atoms with van der Waals surface area (Å²) in [6.45, 7) is -0.607. The fourth-order valence-corrected chi connectivity index (χ4v) is 2.54. The number of amides is 3. The van der Waals surface area contributed by atoms with E-state index in [2.05, 4.69) is 28.2 Å². The van der Waals surface area contributed by atoms with Gasteiger partial charge in [0.15, 0.2) is 0 Å². The number of H-pyrrole nitrogens is 1. The lowest BCUT2D eigenvalue weighted by Gasteiger charge is -2.20. The molecule has 0 aliphatic heterocycles. The van der Waals surface area contributed by atoms with Crippen LogP contribution in [0.4, 0.5) is 0 Å². The van der Waals surface area contributed by atoms with Crippen molar-refractivity contribution in [3.8, 4) is 0 Å². The zero-order valence-electron chi connectivity index (χ0n) is 13.4. The van der Waals surface area contributed by atoms with Gasteiger partial charge < -0.3 is 26.5 Å². The number of aliphatic hydroxyl groups excluding tert-OH is 1. The van der Waals surface area contributed by atoms with E-state index in [0.717, 1.165) is 16.5 Å². The molecule has 6 N–H and O–H groups in total. The van der Waals surface area contributed by atoms with Gasteiger partial charge in [-0.15, -0.1) is 0 Å². The number of aromatic amines is 1. The number of hydrogen-bond donors (Lipinski definition) is 6. The first-order chi connectivity index (χ1) is 12.0. The van der Waals surface area contributed by atoms with Crippen LogP contribution in [0.15, 0.2) is 30.5 Å². The van der Waals surface area contributed by atoms with Gasteiger partial charge in [-0.25, -0.2) is 0 Å². The maximum absolute atomic E-state index is 12.2. The highest BCUT2D eigenvalue weighted by Crippen LogP contribution is 2.19. The quantitative estimate of drug-likeness (QED) is 0.338. The predicted molar refractivity (Wildman–Crippen MR) is 96.0 cm³/mol. The summed E-state index contributed by atoms with van der Waals surface area (Å²) in [5.41, 5.74) is 7.11. The van der Waals surface area contributed by atoms with Crippen molar-refractivity contribution in [1.29, 1.82) is 0 Å². The van der Waals surface area contributed by atoms with Crippen LogP contribution in [0.25, 0.3) is 10.9 Å². The van der Waals surface area contributed by atoms with Gasteiger partial charge in [-0.3, -0.25) is 14.4 Å². The maximum atomic E-state index is 12.2. The van der Waals surface area contributed by atoms with Crippen molar-refractivity contribution in [1.82, 2.24) is 15.6 Å². The number of aliphatic hydroxyl groups is 1. The van der Waals surface area contributed by atoms with Gasteiger partial charge in [0.1, 0.15) is 12.1 Å². The Labute approximate surface area is 149 Å². The second-order valence-corrected chi connectivity index (χ2v) is 5.80. The van der Waals surface area contributed by atoms with Gasteiger partial charge >= 0.3 is 0 Å². The molecule has 134 valence electrons. The van der Waals surface area contributed by atoms with Gasteiger partial charge in [-0.05, 0) is 11.6 Å². The molecule has 0 aliphatic carbocycles. The number of nitrogens with two attached hydrogens (primary N) is 1. The molecule has 0 unspecified atom stereocenters. The summed E-state index contributed by atoms with van der Waals surface area (Å²) < 4.78 is 0. The lowest BCUT2D eigenvalue weighted by molar-refractivity contribution is -0.131. The number of carbonyl (C=O) groups is 3. The Morgan fingerprint density at radius 3 is 2.56 bits per heavy atom. The first kappa shape index (κ1) is 18.8. The molecular formula is C16H20N4O4S. The van der Waals surface area contributed by atoms with Crippen LogP contribution in [0.3, 0.4) is 0 Å². The van der Waals surface area contributed by atoms with Crippen molar-refractivity contribution in [3.63, 3.8) is 0 Å². The molecule has 0 saturated carbocycles. The molecule has 2 atom stereocenters. The molecule has 1 heterocycles. The van der Waals surface area contributed by atoms with Gasteiger partial charge in [0.2, 0.25) is 17.7 Å². The molecular weight excluding hydrogens is 344 g/mol. The highest BCUT2D eigenvalue weighted by atomic mass is 32.1. The highest BCUT2D eigenvalue weighted by Gasteiger charge is 2.25. The molecule has 0 bridgehead atoms. The number of primary amides is 1. The van der Waals surface area contributed by atoms with Crippen LogP contribution in [0.2, 0.25) is 0 Å². The normalized spacial score (nSPS) is 13.2. The molecule has 2 aromatic rings. The summed E-state index contributed by atoms with van der Waals surface area (Å²) in [5.74, 6) is -2.04. The number of rotatable bonds is 8.